The highest BCUT2D eigenvalue weighted by molar-refractivity contribution is 5.86. The highest BCUT2D eigenvalue weighted by Gasteiger charge is 2.30. The fourth-order valence-electron chi connectivity index (χ4n) is 1.51. The minimum atomic E-state index is -4.51. The topological polar surface area (TPSA) is 75.1 Å². The lowest BCUT2D eigenvalue weighted by Crippen LogP contribution is -2.11. The first kappa shape index (κ1) is 12.9. The number of carboxylic acid groups (broad SMARTS) is 1. The molecule has 8 heteroatoms. The number of nitrogens with zero attached hydrogens (tertiary/aromatic N) is 1. The van der Waals surface area contributed by atoms with E-state index in [1.54, 1.807) is 0 Å². The smallest absolute Gasteiger partial charge is 0.416 e. The molecule has 5 nitrogen and oxygen atoms in total. The van der Waals surface area contributed by atoms with Gasteiger partial charge in [-0.25, -0.2) is 4.79 Å². The van der Waals surface area contributed by atoms with Crippen molar-refractivity contribution in [2.75, 3.05) is 0 Å². The summed E-state index contributed by atoms with van der Waals surface area (Å²) >= 11 is 0. The van der Waals surface area contributed by atoms with Gasteiger partial charge in [-0.05, 0) is 18.2 Å². The van der Waals surface area contributed by atoms with E-state index >= 15 is 0 Å². The number of alkyl halides is 3. The fourth-order valence-corrected chi connectivity index (χ4v) is 1.51. The number of carboxylic acids is 1. The number of halogens is 3. The highest BCUT2D eigenvalue weighted by Crippen LogP contribution is 2.30. The molecule has 0 unspecified atom stereocenters. The molecule has 0 saturated heterocycles. The quantitative estimate of drug-likeness (QED) is 0.876. The summed E-state index contributed by atoms with van der Waals surface area (Å²) < 4.78 is 38.5. The molecule has 100 valence electrons. The predicted molar refractivity (Wildman–Crippen MR) is 58.4 cm³/mol. The molecule has 0 aliphatic rings. The molecule has 0 radical (unpaired) electrons. The lowest BCUT2D eigenvalue weighted by molar-refractivity contribution is -0.137. The zero-order chi connectivity index (χ0) is 14.2. The molecule has 0 bridgehead atoms. The molecule has 2 aromatic rings. The second kappa shape index (κ2) is 4.30. The van der Waals surface area contributed by atoms with Crippen LogP contribution in [-0.2, 0) is 6.18 Å². The van der Waals surface area contributed by atoms with E-state index in [1.807, 2.05) is 0 Å². The van der Waals surface area contributed by atoms with Gasteiger partial charge in [-0.3, -0.25) is 14.6 Å². The van der Waals surface area contributed by atoms with E-state index in [9.17, 15) is 22.8 Å². The first-order valence-electron chi connectivity index (χ1n) is 5.01. The Hall–Kier alpha value is -2.51. The zero-order valence-corrected chi connectivity index (χ0v) is 9.23. The molecule has 0 fully saturated rings. The summed E-state index contributed by atoms with van der Waals surface area (Å²) in [5.41, 5.74) is -2.31. The van der Waals surface area contributed by atoms with Crippen LogP contribution in [0.25, 0.3) is 5.69 Å². The number of hydrogen-bond donors (Lipinski definition) is 2. The molecule has 0 saturated carbocycles. The maximum Gasteiger partial charge on any atom is 0.416 e. The lowest BCUT2D eigenvalue weighted by Gasteiger charge is -2.08. The third kappa shape index (κ3) is 2.51. The van der Waals surface area contributed by atoms with Gasteiger partial charge in [-0.1, -0.05) is 6.07 Å². The summed E-state index contributed by atoms with van der Waals surface area (Å²) in [6.45, 7) is 0. The Bertz CT molecular complexity index is 685. The van der Waals surface area contributed by atoms with E-state index in [0.29, 0.717) is 0 Å². The number of nitrogens with one attached hydrogen (secondary N) is 1. The lowest BCUT2D eigenvalue weighted by atomic mass is 10.2. The van der Waals surface area contributed by atoms with Crippen molar-refractivity contribution in [3.8, 4) is 5.69 Å². The number of hydrogen-bond acceptors (Lipinski definition) is 2. The van der Waals surface area contributed by atoms with E-state index in [1.165, 1.54) is 6.07 Å². The summed E-state index contributed by atoms with van der Waals surface area (Å²) in [5.74, 6) is -1.45. The Morgan fingerprint density at radius 3 is 2.53 bits per heavy atom. The molecule has 2 N–H and O–H groups in total. The molecule has 0 aliphatic heterocycles. The van der Waals surface area contributed by atoms with Crippen LogP contribution in [0.15, 0.2) is 35.3 Å². The van der Waals surface area contributed by atoms with Gasteiger partial charge < -0.3 is 5.11 Å². The number of aromatic nitrogens is 2. The van der Waals surface area contributed by atoms with Crippen molar-refractivity contribution in [1.29, 1.82) is 0 Å². The average molecular weight is 272 g/mol. The number of H-pyrrole nitrogens is 1. The number of rotatable bonds is 2. The molecule has 0 spiro atoms. The minimum absolute atomic E-state index is 0.0134. The van der Waals surface area contributed by atoms with Gasteiger partial charge in [0.05, 0.1) is 11.3 Å². The molecule has 1 heterocycles. The third-order valence-electron chi connectivity index (χ3n) is 2.41. The van der Waals surface area contributed by atoms with Crippen LogP contribution < -0.4 is 5.56 Å². The number of aromatic carboxylic acids is 1. The maximum atomic E-state index is 12.5. The van der Waals surface area contributed by atoms with Crippen LogP contribution in [0.2, 0.25) is 0 Å². The largest absolute Gasteiger partial charge is 0.477 e. The first-order valence-corrected chi connectivity index (χ1v) is 5.01. The van der Waals surface area contributed by atoms with Gasteiger partial charge in [0.25, 0.3) is 5.56 Å². The number of benzene rings is 1. The molecule has 0 atom stereocenters. The average Bonchev–Trinajstić information content (AvgIpc) is 2.70. The van der Waals surface area contributed by atoms with Crippen molar-refractivity contribution in [3.05, 3.63) is 51.9 Å². The van der Waals surface area contributed by atoms with Crippen LogP contribution in [-0.4, -0.2) is 20.9 Å². The second-order valence-corrected chi connectivity index (χ2v) is 3.71. The van der Waals surface area contributed by atoms with Crippen LogP contribution in [0.5, 0.6) is 0 Å². The summed E-state index contributed by atoms with van der Waals surface area (Å²) in [7, 11) is 0. The van der Waals surface area contributed by atoms with E-state index < -0.39 is 28.8 Å². The normalized spacial score (nSPS) is 11.5. The van der Waals surface area contributed by atoms with Gasteiger partial charge in [0.15, 0.2) is 0 Å². The second-order valence-electron chi connectivity index (χ2n) is 3.71. The molecular weight excluding hydrogens is 265 g/mol. The Balaban J connectivity index is 2.51. The van der Waals surface area contributed by atoms with E-state index in [2.05, 4.69) is 5.10 Å². The highest BCUT2D eigenvalue weighted by atomic mass is 19.4. The van der Waals surface area contributed by atoms with Gasteiger partial charge in [0.1, 0.15) is 5.56 Å². The molecule has 1 aromatic heterocycles. The maximum absolute atomic E-state index is 12.5. The minimum Gasteiger partial charge on any atom is -0.477 e. The van der Waals surface area contributed by atoms with Crippen LogP contribution >= 0.6 is 0 Å². The summed E-state index contributed by atoms with van der Waals surface area (Å²) in [5, 5.41) is 10.8. The standard InChI is InChI=1S/C11H7F3N2O3/c12-11(13,14)6-2-1-3-7(4-6)16-5-8(10(18)19)9(17)15-16/h1-5H,(H,15,17)(H,18,19). The first-order chi connectivity index (χ1) is 8.79. The van der Waals surface area contributed by atoms with Crippen LogP contribution in [0, 0.1) is 0 Å². The van der Waals surface area contributed by atoms with E-state index in [-0.39, 0.29) is 5.69 Å². The molecule has 19 heavy (non-hydrogen) atoms. The zero-order valence-electron chi connectivity index (χ0n) is 9.23. The van der Waals surface area contributed by atoms with Crippen LogP contribution in [0.4, 0.5) is 13.2 Å². The molecule has 1 aromatic carbocycles. The Morgan fingerprint density at radius 1 is 1.32 bits per heavy atom. The Kier molecular flexibility index (Phi) is 2.93. The van der Waals surface area contributed by atoms with Gasteiger partial charge in [-0.15, -0.1) is 0 Å². The van der Waals surface area contributed by atoms with Crippen LogP contribution in [0.3, 0.4) is 0 Å². The Morgan fingerprint density at radius 2 is 2.00 bits per heavy atom. The fraction of sp³-hybridized carbons (Fsp3) is 0.0909. The Labute approximate surface area is 103 Å². The van der Waals surface area contributed by atoms with Crippen molar-refractivity contribution in [2.45, 2.75) is 6.18 Å². The van der Waals surface area contributed by atoms with Gasteiger partial charge >= 0.3 is 12.1 Å². The van der Waals surface area contributed by atoms with E-state index in [0.717, 1.165) is 29.1 Å². The van der Waals surface area contributed by atoms with Gasteiger partial charge in [-0.2, -0.15) is 13.2 Å². The molecule has 0 amide bonds. The number of carbonyl (C=O) groups is 1. The monoisotopic (exact) mass is 272 g/mol. The van der Waals surface area contributed by atoms with Crippen molar-refractivity contribution >= 4 is 5.97 Å². The van der Waals surface area contributed by atoms with Crippen molar-refractivity contribution < 1.29 is 23.1 Å². The SMILES string of the molecule is O=C(O)c1cn(-c2cccc(C(F)(F)F)c2)[nH]c1=O. The molecule has 0 aliphatic carbocycles. The van der Waals surface area contributed by atoms with Crippen LogP contribution in [0.1, 0.15) is 15.9 Å². The van der Waals surface area contributed by atoms with Crippen molar-refractivity contribution in [2.24, 2.45) is 0 Å². The van der Waals surface area contributed by atoms with Crippen molar-refractivity contribution in [3.63, 3.8) is 0 Å². The predicted octanol–water partition coefficient (Wildman–Crippen LogP) is 1.88. The van der Waals surface area contributed by atoms with Gasteiger partial charge in [0, 0.05) is 6.20 Å². The van der Waals surface area contributed by atoms with Crippen molar-refractivity contribution in [1.82, 2.24) is 9.78 Å². The van der Waals surface area contributed by atoms with E-state index in [4.69, 9.17) is 5.11 Å². The van der Waals surface area contributed by atoms with Gasteiger partial charge in [0.2, 0.25) is 0 Å². The summed E-state index contributed by atoms with van der Waals surface area (Å²) in [6.07, 6.45) is -3.58. The summed E-state index contributed by atoms with van der Waals surface area (Å²) in [4.78, 5) is 21.9. The molecule has 2 rings (SSSR count). The molecular formula is C11H7F3N2O3. The third-order valence-corrected chi connectivity index (χ3v) is 2.41. The summed E-state index contributed by atoms with van der Waals surface area (Å²) in [6, 6.07) is 4.17. The number of aromatic amines is 1.